The lowest BCUT2D eigenvalue weighted by Crippen LogP contribution is -2.09. The summed E-state index contributed by atoms with van der Waals surface area (Å²) < 4.78 is 3.24. The first-order valence-electron chi connectivity index (χ1n) is 5.16. The maximum atomic E-state index is 5.68. The topological polar surface area (TPSA) is 43.8 Å². The predicted octanol–water partition coefficient (Wildman–Crippen LogP) is 2.46. The molecule has 84 valence electrons. The largest absolute Gasteiger partial charge is 0.327 e. The van der Waals surface area contributed by atoms with Gasteiger partial charge in [0, 0.05) is 23.8 Å². The minimum absolute atomic E-state index is 0.523. The van der Waals surface area contributed by atoms with E-state index in [-0.39, 0.29) is 0 Å². The molecule has 1 aromatic carbocycles. The second kappa shape index (κ2) is 4.80. The molecule has 0 atom stereocenters. The molecule has 0 amide bonds. The minimum Gasteiger partial charge on any atom is -0.327 e. The third kappa shape index (κ3) is 2.33. The van der Waals surface area contributed by atoms with Gasteiger partial charge < -0.3 is 10.3 Å². The Bertz CT molecular complexity index is 491. The van der Waals surface area contributed by atoms with Gasteiger partial charge in [-0.15, -0.1) is 0 Å². The van der Waals surface area contributed by atoms with Gasteiger partial charge in [-0.05, 0) is 24.6 Å². The van der Waals surface area contributed by atoms with E-state index in [1.807, 2.05) is 25.3 Å². The number of nitrogens with two attached hydrogens (primary N) is 1. The number of hydrogen-bond acceptors (Lipinski definition) is 2. The normalized spacial score (nSPS) is 10.7. The van der Waals surface area contributed by atoms with Crippen molar-refractivity contribution in [1.82, 2.24) is 9.55 Å². The molecule has 1 aromatic heterocycles. The average Bonchev–Trinajstić information content (AvgIpc) is 2.60. The summed E-state index contributed by atoms with van der Waals surface area (Å²) in [5.74, 6) is 1.00. The van der Waals surface area contributed by atoms with Crippen LogP contribution in [0.4, 0.5) is 0 Å². The van der Waals surface area contributed by atoms with E-state index in [1.165, 1.54) is 5.56 Å². The zero-order chi connectivity index (χ0) is 11.5. The van der Waals surface area contributed by atoms with Crippen LogP contribution in [0.1, 0.15) is 17.1 Å². The van der Waals surface area contributed by atoms with Crippen LogP contribution in [0.3, 0.4) is 0 Å². The Morgan fingerprint density at radius 1 is 1.44 bits per heavy atom. The Labute approximate surface area is 103 Å². The first-order chi connectivity index (χ1) is 7.70. The van der Waals surface area contributed by atoms with E-state index in [9.17, 15) is 0 Å². The Balaban J connectivity index is 2.29. The number of imidazole rings is 1. The Morgan fingerprint density at radius 3 is 2.94 bits per heavy atom. The maximum Gasteiger partial charge on any atom is 0.106 e. The van der Waals surface area contributed by atoms with Crippen LogP contribution in [0.15, 0.2) is 34.9 Å². The lowest BCUT2D eigenvalue weighted by atomic mass is 10.2. The molecule has 0 spiro atoms. The van der Waals surface area contributed by atoms with E-state index in [2.05, 4.69) is 37.6 Å². The van der Waals surface area contributed by atoms with E-state index < -0.39 is 0 Å². The molecular formula is C12H14BrN3. The third-order valence-electron chi connectivity index (χ3n) is 2.58. The molecule has 4 heteroatoms. The van der Waals surface area contributed by atoms with Gasteiger partial charge in [0.1, 0.15) is 5.82 Å². The number of benzene rings is 1. The Kier molecular flexibility index (Phi) is 3.41. The van der Waals surface area contributed by atoms with Gasteiger partial charge in [-0.1, -0.05) is 28.1 Å². The van der Waals surface area contributed by atoms with Crippen molar-refractivity contribution in [3.8, 4) is 0 Å². The predicted molar refractivity (Wildman–Crippen MR) is 68.1 cm³/mol. The molecule has 0 aliphatic carbocycles. The van der Waals surface area contributed by atoms with Gasteiger partial charge in [0.05, 0.1) is 5.69 Å². The van der Waals surface area contributed by atoms with Gasteiger partial charge >= 0.3 is 0 Å². The van der Waals surface area contributed by atoms with Crippen LogP contribution in [0.5, 0.6) is 0 Å². The van der Waals surface area contributed by atoms with Gasteiger partial charge in [0.15, 0.2) is 0 Å². The molecule has 1 heterocycles. The number of aryl methyl sites for hydroxylation is 1. The molecule has 0 saturated carbocycles. The zero-order valence-electron chi connectivity index (χ0n) is 9.15. The number of halogens is 1. The second-order valence-electron chi connectivity index (χ2n) is 3.72. The molecule has 0 fully saturated rings. The van der Waals surface area contributed by atoms with E-state index in [0.29, 0.717) is 6.54 Å². The highest BCUT2D eigenvalue weighted by Gasteiger charge is 2.05. The van der Waals surface area contributed by atoms with Crippen LogP contribution in [-0.4, -0.2) is 9.55 Å². The van der Waals surface area contributed by atoms with Crippen LogP contribution in [0.2, 0.25) is 0 Å². The molecule has 2 aromatic rings. The summed E-state index contributed by atoms with van der Waals surface area (Å²) in [5.41, 5.74) is 7.99. The summed E-state index contributed by atoms with van der Waals surface area (Å²) >= 11 is 3.47. The molecule has 0 bridgehead atoms. The highest BCUT2D eigenvalue weighted by atomic mass is 79.9. The van der Waals surface area contributed by atoms with Crippen LogP contribution in [0, 0.1) is 6.92 Å². The van der Waals surface area contributed by atoms with Crippen LogP contribution in [-0.2, 0) is 13.1 Å². The quantitative estimate of drug-likeness (QED) is 0.938. The SMILES string of the molecule is Cc1ncc(CN)n1Cc1cccc(Br)c1. The number of rotatable bonds is 3. The first kappa shape index (κ1) is 11.4. The fourth-order valence-electron chi connectivity index (χ4n) is 1.71. The second-order valence-corrected chi connectivity index (χ2v) is 4.63. The standard InChI is InChI=1S/C12H14BrN3/c1-9-15-7-12(6-14)16(9)8-10-3-2-4-11(13)5-10/h2-5,7H,6,8,14H2,1H3. The summed E-state index contributed by atoms with van der Waals surface area (Å²) in [5, 5.41) is 0. The summed E-state index contributed by atoms with van der Waals surface area (Å²) in [6.45, 7) is 3.34. The molecule has 0 aliphatic rings. The minimum atomic E-state index is 0.523. The highest BCUT2D eigenvalue weighted by molar-refractivity contribution is 9.10. The summed E-state index contributed by atoms with van der Waals surface area (Å²) in [7, 11) is 0. The molecular weight excluding hydrogens is 266 g/mol. The maximum absolute atomic E-state index is 5.68. The molecule has 2 rings (SSSR count). The first-order valence-corrected chi connectivity index (χ1v) is 5.95. The van der Waals surface area contributed by atoms with Crippen molar-refractivity contribution in [3.63, 3.8) is 0 Å². The Morgan fingerprint density at radius 2 is 2.25 bits per heavy atom. The third-order valence-corrected chi connectivity index (χ3v) is 3.07. The fraction of sp³-hybridized carbons (Fsp3) is 0.250. The van der Waals surface area contributed by atoms with Crippen molar-refractivity contribution in [2.24, 2.45) is 5.73 Å². The summed E-state index contributed by atoms with van der Waals surface area (Å²) in [6.07, 6.45) is 1.84. The van der Waals surface area contributed by atoms with Crippen molar-refractivity contribution in [1.29, 1.82) is 0 Å². The van der Waals surface area contributed by atoms with Crippen LogP contribution in [0.25, 0.3) is 0 Å². The van der Waals surface area contributed by atoms with Crippen molar-refractivity contribution >= 4 is 15.9 Å². The number of nitrogens with zero attached hydrogens (tertiary/aromatic N) is 2. The van der Waals surface area contributed by atoms with E-state index in [4.69, 9.17) is 5.73 Å². The van der Waals surface area contributed by atoms with E-state index in [0.717, 1.165) is 22.5 Å². The summed E-state index contributed by atoms with van der Waals surface area (Å²) in [4.78, 5) is 4.28. The molecule has 0 saturated heterocycles. The molecule has 0 unspecified atom stereocenters. The van der Waals surface area contributed by atoms with Crippen LogP contribution >= 0.6 is 15.9 Å². The molecule has 0 aliphatic heterocycles. The molecule has 0 radical (unpaired) electrons. The van der Waals surface area contributed by atoms with Crippen molar-refractivity contribution in [3.05, 3.63) is 52.0 Å². The van der Waals surface area contributed by atoms with Crippen molar-refractivity contribution in [2.45, 2.75) is 20.0 Å². The van der Waals surface area contributed by atoms with Gasteiger partial charge in [0.25, 0.3) is 0 Å². The molecule has 2 N–H and O–H groups in total. The van der Waals surface area contributed by atoms with Gasteiger partial charge in [-0.3, -0.25) is 0 Å². The van der Waals surface area contributed by atoms with Crippen molar-refractivity contribution in [2.75, 3.05) is 0 Å². The van der Waals surface area contributed by atoms with Gasteiger partial charge in [-0.25, -0.2) is 4.98 Å². The Hall–Kier alpha value is -1.13. The van der Waals surface area contributed by atoms with Crippen molar-refractivity contribution < 1.29 is 0 Å². The fourth-order valence-corrected chi connectivity index (χ4v) is 2.16. The zero-order valence-corrected chi connectivity index (χ0v) is 10.7. The summed E-state index contributed by atoms with van der Waals surface area (Å²) in [6, 6.07) is 8.27. The van der Waals surface area contributed by atoms with E-state index >= 15 is 0 Å². The molecule has 16 heavy (non-hydrogen) atoms. The van der Waals surface area contributed by atoms with Gasteiger partial charge in [-0.2, -0.15) is 0 Å². The molecule has 3 nitrogen and oxygen atoms in total. The average molecular weight is 280 g/mol. The van der Waals surface area contributed by atoms with E-state index in [1.54, 1.807) is 0 Å². The highest BCUT2D eigenvalue weighted by Crippen LogP contribution is 2.14. The lowest BCUT2D eigenvalue weighted by molar-refractivity contribution is 0.713. The number of hydrogen-bond donors (Lipinski definition) is 1. The number of aromatic nitrogens is 2. The monoisotopic (exact) mass is 279 g/mol. The van der Waals surface area contributed by atoms with Gasteiger partial charge in [0.2, 0.25) is 0 Å². The lowest BCUT2D eigenvalue weighted by Gasteiger charge is -2.09. The smallest absolute Gasteiger partial charge is 0.106 e. The van der Waals surface area contributed by atoms with Crippen LogP contribution < -0.4 is 5.73 Å².